The standard InChI is InChI=1S/C26H36N6O5S.C17H19ClN4O4S.C9H18N2O.C9H15NO3.C5H11NO.C2HF3O2.ClH/c1-4-6-21-23-24(30(3)29-21)26(34)28-25(27-23)20-11-19(7-8-22(20)37-5-2)38(35,36)32-15-18(16-32)14-31-12-17(13-31)9-10-33;1-4-6-12-14-15(22(3)21-12)17(23)20-16(19-14)11-9-10(27(18,24)25)7-8-13(11)26-5-2;12-2-1-8-5-11(6-8)7-9-3-10-4-9;1-9(2,3)13-8(12)10-4-7(5-10)6-11;7-2-1-5-3-6-4-5;3-2(4,5)1(6)7;/h7-8,11,17-18,33H,4-6,9-10,12-16H2,1-3H3,(H,27,28,34);7-9H,4-6H2,1-3H3,(H,19,20,23);8-10,12H,1-7H2;6-7H,4-5H2,1-3H3;5-7H,1-4H2;(H,6,7);1H. The monoisotopic (exact) mass is 1560 g/mol. The summed E-state index contributed by atoms with van der Waals surface area (Å²) >= 11 is 0. The van der Waals surface area contributed by atoms with Gasteiger partial charge in [0, 0.05) is 123 Å². The Bertz CT molecular complexity index is 4200. The second kappa shape index (κ2) is 39.3. The normalized spacial score (nSPS) is 16.9. The summed E-state index contributed by atoms with van der Waals surface area (Å²) in [5.74, 6) is 1.84. The van der Waals surface area contributed by atoms with E-state index in [1.54, 1.807) is 39.2 Å². The van der Waals surface area contributed by atoms with Crippen LogP contribution >= 0.6 is 23.1 Å². The number of aliphatic hydroxyl groups is 3. The summed E-state index contributed by atoms with van der Waals surface area (Å²) in [6.07, 6.45) is 1.32. The maximum absolute atomic E-state index is 13.5. The van der Waals surface area contributed by atoms with E-state index >= 15 is 0 Å². The molecule has 4 aromatic heterocycles. The Morgan fingerprint density at radius 1 is 0.638 bits per heavy atom. The number of halogens is 5. The van der Waals surface area contributed by atoms with E-state index in [9.17, 15) is 49.2 Å². The lowest BCUT2D eigenvalue weighted by atomic mass is 9.93. The van der Waals surface area contributed by atoms with Crippen molar-refractivity contribution in [2.45, 2.75) is 115 Å². The van der Waals surface area contributed by atoms with Crippen molar-refractivity contribution < 1.29 is 79.0 Å². The van der Waals surface area contributed by atoms with Gasteiger partial charge in [0.2, 0.25) is 10.0 Å². The molecule has 6 fully saturated rings. The molecule has 0 aliphatic carbocycles. The van der Waals surface area contributed by atoms with Gasteiger partial charge in [-0.2, -0.15) is 27.7 Å². The molecule has 2 aromatic carbocycles. The smallest absolute Gasteiger partial charge is 0.490 e. The molecular weight excluding hydrogens is 1460 g/mol. The third-order valence-corrected chi connectivity index (χ3v) is 21.0. The van der Waals surface area contributed by atoms with Gasteiger partial charge >= 0.3 is 18.2 Å². The number of ether oxygens (including phenoxy) is 3. The molecule has 8 N–H and O–H groups in total. The molecule has 0 saturated carbocycles. The first-order valence-corrected chi connectivity index (χ1v) is 38.8. The first kappa shape index (κ1) is 87.0. The predicted octanol–water partition coefficient (Wildman–Crippen LogP) is 5.43. The van der Waals surface area contributed by atoms with Crippen LogP contribution in [0.25, 0.3) is 44.8 Å². The van der Waals surface area contributed by atoms with Crippen molar-refractivity contribution in [2.24, 2.45) is 49.6 Å². The zero-order valence-corrected chi connectivity index (χ0v) is 64.0. The van der Waals surface area contributed by atoms with E-state index < -0.39 is 36.8 Å². The summed E-state index contributed by atoms with van der Waals surface area (Å²) in [6, 6.07) is 8.91. The van der Waals surface area contributed by atoms with Gasteiger partial charge in [-0.1, -0.05) is 26.7 Å². The average Bonchev–Trinajstić information content (AvgIpc) is 1.76. The van der Waals surface area contributed by atoms with E-state index in [1.165, 1.54) is 69.5 Å². The van der Waals surface area contributed by atoms with Crippen LogP contribution in [0.1, 0.15) is 92.0 Å². The number of aliphatic carboxylic acids is 1. The van der Waals surface area contributed by atoms with Crippen LogP contribution in [0.3, 0.4) is 0 Å². The lowest BCUT2D eigenvalue weighted by Crippen LogP contribution is -2.57. The number of fused-ring (bicyclic) bond motifs is 2. The Morgan fingerprint density at radius 2 is 1.05 bits per heavy atom. The van der Waals surface area contributed by atoms with Gasteiger partial charge in [-0.3, -0.25) is 19.0 Å². The van der Waals surface area contributed by atoms with E-state index in [-0.39, 0.29) is 63.6 Å². The van der Waals surface area contributed by atoms with E-state index in [2.05, 4.69) is 45.6 Å². The number of hydrogen-bond acceptors (Lipinski definition) is 23. The van der Waals surface area contributed by atoms with Crippen LogP contribution in [0.2, 0.25) is 0 Å². The number of rotatable bonds is 24. The fourth-order valence-electron chi connectivity index (χ4n) is 12.2. The molecule has 0 unspecified atom stereocenters. The highest BCUT2D eigenvalue weighted by Crippen LogP contribution is 2.36. The molecule has 37 heteroatoms. The highest BCUT2D eigenvalue weighted by molar-refractivity contribution is 8.13. The Labute approximate surface area is 619 Å². The number of carbonyl (C=O) groups is 3. The van der Waals surface area contributed by atoms with Gasteiger partial charge in [0.1, 0.15) is 46.1 Å². The van der Waals surface area contributed by atoms with Crippen molar-refractivity contribution in [3.05, 3.63) is 68.5 Å². The number of nitrogens with one attached hydrogen (secondary N) is 4. The molecule has 6 aliphatic rings. The number of aldehydes is 1. The minimum atomic E-state index is -5.08. The molecule has 6 saturated heterocycles. The summed E-state index contributed by atoms with van der Waals surface area (Å²) < 4.78 is 103. The fourth-order valence-corrected chi connectivity index (χ4v) is 14.6. The molecule has 586 valence electrons. The second-order valence-corrected chi connectivity index (χ2v) is 32.0. The summed E-state index contributed by atoms with van der Waals surface area (Å²) in [4.78, 5) is 77.3. The molecule has 0 radical (unpaired) electrons. The second-order valence-electron chi connectivity index (χ2n) is 27.5. The third kappa shape index (κ3) is 24.0. The largest absolute Gasteiger partial charge is 0.493 e. The number of benzene rings is 2. The number of H-pyrrole nitrogens is 2. The van der Waals surface area contributed by atoms with E-state index in [1.807, 2.05) is 41.5 Å². The number of carbonyl (C=O) groups excluding carboxylic acids is 2. The Balaban J connectivity index is 0.000000222. The quantitative estimate of drug-likeness (QED) is 0.0277. The van der Waals surface area contributed by atoms with Gasteiger partial charge in [-0.25, -0.2) is 36.4 Å². The Kier molecular flexibility index (Phi) is 32.5. The molecule has 1 amide bonds. The van der Waals surface area contributed by atoms with E-state index in [0.29, 0.717) is 128 Å². The van der Waals surface area contributed by atoms with Crippen LogP contribution in [-0.4, -0.2) is 251 Å². The number of likely N-dealkylation sites (tertiary alicyclic amines) is 3. The number of nitrogens with zero attached hydrogens (tertiary/aromatic N) is 10. The SMILES string of the molecule is CC(C)(C)OC(=O)N1CC(C=O)C1.CCCc1nn(C)c2c(=O)[nH]c(-c3cc(S(=O)(=O)Cl)ccc3OCC)nc12.CCCc1nn(C)c2c(=O)[nH]c(-c3cc(S(=O)(=O)N4CC(CN5CC(CCO)C5)C4)ccc3OCC)nc12.Cl.O=C(O)C(F)(F)F.OCCC1CN(CC2CNC2)C1.OCCC1CNC1. The Morgan fingerprint density at radius 3 is 1.40 bits per heavy atom. The van der Waals surface area contributed by atoms with Crippen molar-refractivity contribution in [2.75, 3.05) is 125 Å². The first-order valence-electron chi connectivity index (χ1n) is 35.0. The summed E-state index contributed by atoms with van der Waals surface area (Å²) in [7, 11) is 1.20. The van der Waals surface area contributed by atoms with Crippen LogP contribution in [0.5, 0.6) is 11.5 Å². The van der Waals surface area contributed by atoms with E-state index in [4.69, 9.17) is 55.1 Å². The van der Waals surface area contributed by atoms with Crippen LogP contribution < -0.4 is 31.2 Å². The molecule has 12 rings (SSSR count). The third-order valence-electron chi connectivity index (χ3n) is 17.8. The van der Waals surface area contributed by atoms with Crippen molar-refractivity contribution in [1.82, 2.24) is 69.1 Å². The number of carboxylic acid groups (broad SMARTS) is 1. The number of aromatic nitrogens is 8. The highest BCUT2D eigenvalue weighted by atomic mass is 35.7. The number of hydrogen-bond donors (Lipinski definition) is 8. The summed E-state index contributed by atoms with van der Waals surface area (Å²) in [5, 5.41) is 48.5. The topological polar surface area (TPSA) is 392 Å². The van der Waals surface area contributed by atoms with Crippen LogP contribution in [-0.2, 0) is 60.3 Å². The number of aliphatic hydroxyl groups excluding tert-OH is 3. The van der Waals surface area contributed by atoms with E-state index in [0.717, 1.165) is 94.6 Å². The lowest BCUT2D eigenvalue weighted by molar-refractivity contribution is -0.192. The molecule has 105 heavy (non-hydrogen) atoms. The van der Waals surface area contributed by atoms with Gasteiger partial charge in [0.25, 0.3) is 20.2 Å². The Hall–Kier alpha value is -6.90. The summed E-state index contributed by atoms with van der Waals surface area (Å²) in [5.41, 5.74) is 2.79. The molecule has 6 aromatic rings. The number of carboxylic acids is 1. The maximum Gasteiger partial charge on any atom is 0.490 e. The summed E-state index contributed by atoms with van der Waals surface area (Å²) in [6.45, 7) is 28.0. The molecule has 10 heterocycles. The van der Waals surface area contributed by atoms with Crippen molar-refractivity contribution >= 4 is 82.6 Å². The average molecular weight is 1560 g/mol. The maximum atomic E-state index is 13.5. The molecule has 0 bridgehead atoms. The van der Waals surface area contributed by atoms with Gasteiger partial charge in [0.15, 0.2) is 11.0 Å². The number of aromatic amines is 2. The number of alkyl halides is 3. The molecular formula is C68H101Cl2F3N14O16S2. The molecule has 0 spiro atoms. The zero-order valence-electron chi connectivity index (χ0n) is 60.8. The van der Waals surface area contributed by atoms with Crippen LogP contribution in [0.15, 0.2) is 55.8 Å². The minimum absolute atomic E-state index is 0. The highest BCUT2D eigenvalue weighted by Gasteiger charge is 2.41. The minimum Gasteiger partial charge on any atom is -0.493 e. The van der Waals surface area contributed by atoms with Crippen molar-refractivity contribution in [3.63, 3.8) is 0 Å². The van der Waals surface area contributed by atoms with Crippen molar-refractivity contribution in [1.29, 1.82) is 0 Å². The van der Waals surface area contributed by atoms with Gasteiger partial charge in [-0.15, -0.1) is 12.4 Å². The first-order chi connectivity index (χ1) is 49.2. The van der Waals surface area contributed by atoms with Gasteiger partial charge in [-0.05, 0) is 146 Å². The fraction of sp³-hybridized carbons (Fsp3) is 0.632. The molecule has 30 nitrogen and oxygen atoms in total. The van der Waals surface area contributed by atoms with Crippen LogP contribution in [0.4, 0.5) is 18.0 Å². The lowest BCUT2D eigenvalue weighted by Gasteiger charge is -2.45. The van der Waals surface area contributed by atoms with Crippen molar-refractivity contribution in [3.8, 4) is 34.3 Å². The number of amides is 1. The molecule has 0 atom stereocenters. The predicted molar refractivity (Wildman–Crippen MR) is 391 cm³/mol. The molecule has 6 aliphatic heterocycles. The number of aryl methyl sites for hydroxylation is 4. The van der Waals surface area contributed by atoms with Gasteiger partial charge in [0.05, 0.1) is 51.4 Å². The number of sulfonamides is 1. The zero-order chi connectivity index (χ0) is 76.4. The van der Waals surface area contributed by atoms with Crippen LogP contribution in [0, 0.1) is 35.5 Å². The van der Waals surface area contributed by atoms with Gasteiger partial charge < -0.3 is 74.7 Å².